The first kappa shape index (κ1) is 17.7. The van der Waals surface area contributed by atoms with Crippen LogP contribution in [-0.2, 0) is 0 Å². The number of nitrogens with one attached hydrogen (secondary N) is 1. The van der Waals surface area contributed by atoms with Crippen LogP contribution < -0.4 is 11.1 Å². The van der Waals surface area contributed by atoms with Crippen molar-refractivity contribution in [3.05, 3.63) is 58.5 Å². The zero-order valence-electron chi connectivity index (χ0n) is 13.1. The third-order valence-electron chi connectivity index (χ3n) is 3.13. The third kappa shape index (κ3) is 4.72. The molecule has 0 unspecified atom stereocenters. The third-order valence-corrected chi connectivity index (χ3v) is 4.85. The molecule has 1 atom stereocenters. The Morgan fingerprint density at radius 3 is 2.60 bits per heavy atom. The lowest BCUT2D eigenvalue weighted by Gasteiger charge is -2.12. The van der Waals surface area contributed by atoms with E-state index in [2.05, 4.69) is 25.3 Å². The summed E-state index contributed by atoms with van der Waals surface area (Å²) >= 11 is 13.5. The van der Waals surface area contributed by atoms with E-state index in [1.54, 1.807) is 12.3 Å². The SMILES string of the molecule is C[C@H](Sc1ncc(Cl)cc1Cl)c1nc(N)nc(Nc2ccccc2)n1. The topological polar surface area (TPSA) is 89.6 Å². The lowest BCUT2D eigenvalue weighted by Crippen LogP contribution is -2.08. The normalized spacial score (nSPS) is 12.0. The number of nitrogen functional groups attached to an aromatic ring is 1. The second-order valence-corrected chi connectivity index (χ2v) is 7.24. The molecule has 2 aromatic heterocycles. The van der Waals surface area contributed by atoms with Gasteiger partial charge >= 0.3 is 0 Å². The van der Waals surface area contributed by atoms with Crippen LogP contribution in [0.25, 0.3) is 0 Å². The van der Waals surface area contributed by atoms with Crippen molar-refractivity contribution >= 4 is 52.5 Å². The van der Waals surface area contributed by atoms with Gasteiger partial charge in [0.25, 0.3) is 0 Å². The van der Waals surface area contributed by atoms with E-state index in [-0.39, 0.29) is 11.2 Å². The van der Waals surface area contributed by atoms with Gasteiger partial charge in [-0.25, -0.2) is 4.98 Å². The van der Waals surface area contributed by atoms with Crippen LogP contribution in [0.5, 0.6) is 0 Å². The van der Waals surface area contributed by atoms with Crippen LogP contribution in [0.2, 0.25) is 10.0 Å². The highest BCUT2D eigenvalue weighted by molar-refractivity contribution is 7.99. The van der Waals surface area contributed by atoms with Crippen molar-refractivity contribution in [2.75, 3.05) is 11.1 Å². The van der Waals surface area contributed by atoms with E-state index in [4.69, 9.17) is 28.9 Å². The number of rotatable bonds is 5. The van der Waals surface area contributed by atoms with Gasteiger partial charge in [0.2, 0.25) is 11.9 Å². The summed E-state index contributed by atoms with van der Waals surface area (Å²) < 4.78 is 0. The number of pyridine rings is 1. The van der Waals surface area contributed by atoms with E-state index in [1.807, 2.05) is 37.3 Å². The van der Waals surface area contributed by atoms with E-state index >= 15 is 0 Å². The number of benzene rings is 1. The van der Waals surface area contributed by atoms with Crippen LogP contribution in [0.4, 0.5) is 17.6 Å². The summed E-state index contributed by atoms with van der Waals surface area (Å²) in [5.74, 6) is 1.06. The van der Waals surface area contributed by atoms with Crippen LogP contribution in [0.3, 0.4) is 0 Å². The molecule has 0 radical (unpaired) electrons. The van der Waals surface area contributed by atoms with Crippen molar-refractivity contribution in [1.82, 2.24) is 19.9 Å². The molecule has 3 N–H and O–H groups in total. The fourth-order valence-electron chi connectivity index (χ4n) is 2.01. The molecule has 0 amide bonds. The first-order valence-electron chi connectivity index (χ1n) is 7.32. The molecule has 0 saturated carbocycles. The van der Waals surface area contributed by atoms with Gasteiger partial charge in [0, 0.05) is 11.9 Å². The lowest BCUT2D eigenvalue weighted by atomic mass is 10.3. The quantitative estimate of drug-likeness (QED) is 0.605. The molecule has 0 bridgehead atoms. The Morgan fingerprint density at radius 1 is 1.12 bits per heavy atom. The van der Waals surface area contributed by atoms with E-state index in [0.717, 1.165) is 5.69 Å². The Morgan fingerprint density at radius 2 is 1.88 bits per heavy atom. The first-order valence-corrected chi connectivity index (χ1v) is 8.96. The second kappa shape index (κ2) is 7.86. The van der Waals surface area contributed by atoms with Crippen LogP contribution in [-0.4, -0.2) is 19.9 Å². The molecule has 0 aliphatic heterocycles. The highest BCUT2D eigenvalue weighted by atomic mass is 35.5. The predicted octanol–water partition coefficient (Wildman–Crippen LogP) is 4.75. The van der Waals surface area contributed by atoms with E-state index in [1.165, 1.54) is 11.8 Å². The molecule has 0 spiro atoms. The van der Waals surface area contributed by atoms with Gasteiger partial charge in [-0.05, 0) is 25.1 Å². The Balaban J connectivity index is 1.81. The summed E-state index contributed by atoms with van der Waals surface area (Å²) in [6, 6.07) is 11.2. The van der Waals surface area contributed by atoms with Crippen LogP contribution in [0.15, 0.2) is 47.6 Å². The molecular formula is C16H14Cl2N6S. The lowest BCUT2D eigenvalue weighted by molar-refractivity contribution is 0.893. The van der Waals surface area contributed by atoms with E-state index in [0.29, 0.717) is 26.8 Å². The average molecular weight is 393 g/mol. The number of hydrogen-bond donors (Lipinski definition) is 2. The number of hydrogen-bond acceptors (Lipinski definition) is 7. The van der Waals surface area contributed by atoms with Gasteiger partial charge in [0.15, 0.2) is 0 Å². The first-order chi connectivity index (χ1) is 12.0. The Hall–Kier alpha value is -2.09. The van der Waals surface area contributed by atoms with Gasteiger partial charge in [-0.1, -0.05) is 53.2 Å². The van der Waals surface area contributed by atoms with Crippen molar-refractivity contribution < 1.29 is 0 Å². The molecule has 0 aliphatic rings. The average Bonchev–Trinajstić information content (AvgIpc) is 2.57. The maximum atomic E-state index is 6.17. The highest BCUT2D eigenvalue weighted by Crippen LogP contribution is 2.36. The number of thioether (sulfide) groups is 1. The predicted molar refractivity (Wildman–Crippen MR) is 102 cm³/mol. The number of nitrogens with zero attached hydrogens (tertiary/aromatic N) is 4. The van der Waals surface area contributed by atoms with Crippen molar-refractivity contribution in [1.29, 1.82) is 0 Å². The standard InChI is InChI=1S/C16H14Cl2N6S/c1-9(25-14-12(18)7-10(17)8-20-14)13-22-15(19)24-16(23-13)21-11-5-3-2-4-6-11/h2-9H,1H3,(H3,19,21,22,23,24)/t9-/m0/s1. The molecule has 0 saturated heterocycles. The molecular weight excluding hydrogens is 379 g/mol. The largest absolute Gasteiger partial charge is 0.368 e. The van der Waals surface area contributed by atoms with Crippen molar-refractivity contribution in [2.24, 2.45) is 0 Å². The number of nitrogens with two attached hydrogens (primary N) is 1. The summed E-state index contributed by atoms with van der Waals surface area (Å²) in [6.45, 7) is 1.94. The number of halogens is 2. The molecule has 3 rings (SSSR count). The molecule has 1 aromatic carbocycles. The fraction of sp³-hybridized carbons (Fsp3) is 0.125. The molecule has 128 valence electrons. The van der Waals surface area contributed by atoms with Crippen LogP contribution in [0.1, 0.15) is 18.0 Å². The summed E-state index contributed by atoms with van der Waals surface area (Å²) in [7, 11) is 0. The molecule has 3 aromatic rings. The highest BCUT2D eigenvalue weighted by Gasteiger charge is 2.16. The number of aromatic nitrogens is 4. The molecule has 2 heterocycles. The van der Waals surface area contributed by atoms with Crippen LogP contribution >= 0.6 is 35.0 Å². The van der Waals surface area contributed by atoms with Gasteiger partial charge in [-0.3, -0.25) is 0 Å². The zero-order chi connectivity index (χ0) is 17.8. The minimum absolute atomic E-state index is 0.132. The molecule has 0 aliphatic carbocycles. The summed E-state index contributed by atoms with van der Waals surface area (Å²) in [5.41, 5.74) is 6.69. The second-order valence-electron chi connectivity index (χ2n) is 5.07. The molecule has 9 heteroatoms. The molecule has 0 fully saturated rings. The minimum atomic E-state index is -0.132. The number of para-hydroxylation sites is 1. The Kier molecular flexibility index (Phi) is 5.57. The number of anilines is 3. The summed E-state index contributed by atoms with van der Waals surface area (Å²) in [6.07, 6.45) is 1.55. The maximum absolute atomic E-state index is 6.17. The van der Waals surface area contributed by atoms with Gasteiger partial charge in [0.05, 0.1) is 15.3 Å². The zero-order valence-corrected chi connectivity index (χ0v) is 15.5. The van der Waals surface area contributed by atoms with Crippen molar-refractivity contribution in [3.8, 4) is 0 Å². The van der Waals surface area contributed by atoms with Crippen molar-refractivity contribution in [2.45, 2.75) is 17.2 Å². The van der Waals surface area contributed by atoms with E-state index < -0.39 is 0 Å². The van der Waals surface area contributed by atoms with Crippen molar-refractivity contribution in [3.63, 3.8) is 0 Å². The van der Waals surface area contributed by atoms with Gasteiger partial charge < -0.3 is 11.1 Å². The molecule has 25 heavy (non-hydrogen) atoms. The van der Waals surface area contributed by atoms with Crippen LogP contribution in [0, 0.1) is 0 Å². The molecule has 6 nitrogen and oxygen atoms in total. The fourth-order valence-corrected chi connectivity index (χ4v) is 3.35. The minimum Gasteiger partial charge on any atom is -0.368 e. The Bertz CT molecular complexity index is 878. The monoisotopic (exact) mass is 392 g/mol. The van der Waals surface area contributed by atoms with Gasteiger partial charge in [-0.2, -0.15) is 15.0 Å². The Labute approximate surface area is 159 Å². The smallest absolute Gasteiger partial charge is 0.232 e. The van der Waals surface area contributed by atoms with Gasteiger partial charge in [-0.15, -0.1) is 0 Å². The maximum Gasteiger partial charge on any atom is 0.232 e. The summed E-state index contributed by atoms with van der Waals surface area (Å²) in [5, 5.41) is 4.60. The van der Waals surface area contributed by atoms with Gasteiger partial charge in [0.1, 0.15) is 10.9 Å². The summed E-state index contributed by atoms with van der Waals surface area (Å²) in [4.78, 5) is 17.0. The van der Waals surface area contributed by atoms with E-state index in [9.17, 15) is 0 Å².